The molecule has 0 saturated carbocycles. The quantitative estimate of drug-likeness (QED) is 0.941. The molecule has 2 heterocycles. The van der Waals surface area contributed by atoms with Crippen molar-refractivity contribution in [3.05, 3.63) is 45.9 Å². The van der Waals surface area contributed by atoms with Crippen molar-refractivity contribution >= 4 is 17.2 Å². The summed E-state index contributed by atoms with van der Waals surface area (Å²) in [6.45, 7) is 1.12. The summed E-state index contributed by atoms with van der Waals surface area (Å²) < 4.78 is 5.44. The second-order valence-corrected chi connectivity index (χ2v) is 6.17. The maximum atomic E-state index is 12.7. The van der Waals surface area contributed by atoms with Crippen LogP contribution < -0.4 is 10.5 Å². The number of nitrogens with two attached hydrogens (primary N) is 1. The van der Waals surface area contributed by atoms with E-state index in [2.05, 4.69) is 4.98 Å². The number of para-hydroxylation sites is 1. The van der Waals surface area contributed by atoms with Gasteiger partial charge >= 0.3 is 0 Å². The molecule has 2 aromatic rings. The highest BCUT2D eigenvalue weighted by Gasteiger charge is 2.33. The van der Waals surface area contributed by atoms with Gasteiger partial charge in [-0.2, -0.15) is 0 Å². The molecule has 6 heteroatoms. The van der Waals surface area contributed by atoms with Crippen LogP contribution in [0.2, 0.25) is 0 Å². The van der Waals surface area contributed by atoms with Gasteiger partial charge in [-0.3, -0.25) is 4.79 Å². The number of amides is 1. The van der Waals surface area contributed by atoms with Crippen molar-refractivity contribution in [3.63, 3.8) is 0 Å². The largest absolute Gasteiger partial charge is 0.496 e. The van der Waals surface area contributed by atoms with Gasteiger partial charge in [-0.25, -0.2) is 4.98 Å². The Kier molecular flexibility index (Phi) is 4.40. The summed E-state index contributed by atoms with van der Waals surface area (Å²) in [5.74, 6) is 0.803. The fourth-order valence-corrected chi connectivity index (χ4v) is 3.57. The standard InChI is InChI=1S/C16H19N3O2S/c1-21-14-7-3-2-5-11(14)13-6-4-8-19(13)16(20)12-10-22-15(9-17)18-12/h2-3,5,7,10,13H,4,6,8-9,17H2,1H3. The highest BCUT2D eigenvalue weighted by Crippen LogP contribution is 2.37. The molecular formula is C16H19N3O2S. The first-order valence-corrected chi connectivity index (χ1v) is 8.21. The Morgan fingerprint density at radius 1 is 1.50 bits per heavy atom. The van der Waals surface area contributed by atoms with Gasteiger partial charge in [-0.1, -0.05) is 18.2 Å². The Morgan fingerprint density at radius 3 is 3.05 bits per heavy atom. The van der Waals surface area contributed by atoms with E-state index in [-0.39, 0.29) is 11.9 Å². The summed E-state index contributed by atoms with van der Waals surface area (Å²) in [7, 11) is 1.66. The van der Waals surface area contributed by atoms with Gasteiger partial charge < -0.3 is 15.4 Å². The lowest BCUT2D eigenvalue weighted by atomic mass is 10.0. The molecule has 0 bridgehead atoms. The van der Waals surface area contributed by atoms with Crippen LogP contribution in [0.5, 0.6) is 5.75 Å². The van der Waals surface area contributed by atoms with Gasteiger partial charge in [-0.05, 0) is 18.9 Å². The molecule has 1 aliphatic rings. The van der Waals surface area contributed by atoms with E-state index in [0.29, 0.717) is 12.2 Å². The second-order valence-electron chi connectivity index (χ2n) is 5.23. The molecule has 5 nitrogen and oxygen atoms in total. The zero-order chi connectivity index (χ0) is 15.5. The number of hydrogen-bond donors (Lipinski definition) is 1. The van der Waals surface area contributed by atoms with Gasteiger partial charge in [0.1, 0.15) is 16.5 Å². The topological polar surface area (TPSA) is 68.5 Å². The lowest BCUT2D eigenvalue weighted by Crippen LogP contribution is -2.31. The Balaban J connectivity index is 1.88. The summed E-state index contributed by atoms with van der Waals surface area (Å²) in [6.07, 6.45) is 1.93. The minimum Gasteiger partial charge on any atom is -0.496 e. The van der Waals surface area contributed by atoms with Gasteiger partial charge in [0, 0.05) is 24.0 Å². The number of aromatic nitrogens is 1. The smallest absolute Gasteiger partial charge is 0.273 e. The number of hydrogen-bond acceptors (Lipinski definition) is 5. The van der Waals surface area contributed by atoms with Crippen LogP contribution in [0.25, 0.3) is 0 Å². The van der Waals surface area contributed by atoms with Crippen LogP contribution in [0.15, 0.2) is 29.6 Å². The predicted molar refractivity (Wildman–Crippen MR) is 86.0 cm³/mol. The van der Waals surface area contributed by atoms with Crippen molar-refractivity contribution in [1.82, 2.24) is 9.88 Å². The molecule has 22 heavy (non-hydrogen) atoms. The summed E-state index contributed by atoms with van der Waals surface area (Å²) >= 11 is 1.43. The minimum absolute atomic E-state index is 0.0237. The SMILES string of the molecule is COc1ccccc1C1CCCN1C(=O)c1csc(CN)n1. The molecule has 116 valence electrons. The molecule has 1 aromatic carbocycles. The van der Waals surface area contributed by atoms with Crippen molar-refractivity contribution in [2.24, 2.45) is 5.73 Å². The van der Waals surface area contributed by atoms with Gasteiger partial charge in [0.05, 0.1) is 13.2 Å². The third-order valence-corrected chi connectivity index (χ3v) is 4.83. The fraction of sp³-hybridized carbons (Fsp3) is 0.375. The first-order chi connectivity index (χ1) is 10.7. The number of rotatable bonds is 4. The van der Waals surface area contributed by atoms with E-state index in [1.54, 1.807) is 12.5 Å². The van der Waals surface area contributed by atoms with E-state index in [1.807, 2.05) is 29.2 Å². The third kappa shape index (κ3) is 2.71. The molecule has 1 unspecified atom stereocenters. The van der Waals surface area contributed by atoms with E-state index in [9.17, 15) is 4.79 Å². The van der Waals surface area contributed by atoms with E-state index < -0.39 is 0 Å². The molecule has 1 aliphatic heterocycles. The van der Waals surface area contributed by atoms with Crippen LogP contribution in [0.4, 0.5) is 0 Å². The number of likely N-dealkylation sites (tertiary alicyclic amines) is 1. The van der Waals surface area contributed by atoms with E-state index >= 15 is 0 Å². The van der Waals surface area contributed by atoms with Crippen LogP contribution in [-0.2, 0) is 6.54 Å². The molecule has 1 amide bonds. The van der Waals surface area contributed by atoms with E-state index in [1.165, 1.54) is 11.3 Å². The number of nitrogens with zero attached hydrogens (tertiary/aromatic N) is 2. The first-order valence-electron chi connectivity index (χ1n) is 7.33. The Morgan fingerprint density at radius 2 is 2.32 bits per heavy atom. The van der Waals surface area contributed by atoms with Crippen LogP contribution in [0.3, 0.4) is 0 Å². The zero-order valence-electron chi connectivity index (χ0n) is 12.5. The van der Waals surface area contributed by atoms with Crippen LogP contribution in [0.1, 0.15) is 39.9 Å². The fourth-order valence-electron chi connectivity index (χ4n) is 2.92. The van der Waals surface area contributed by atoms with E-state index in [0.717, 1.165) is 35.7 Å². The summed E-state index contributed by atoms with van der Waals surface area (Å²) in [4.78, 5) is 19.0. The average Bonchev–Trinajstić information content (AvgIpc) is 3.23. The normalized spacial score (nSPS) is 17.7. The van der Waals surface area contributed by atoms with E-state index in [4.69, 9.17) is 10.5 Å². The van der Waals surface area contributed by atoms with Gasteiger partial charge in [0.25, 0.3) is 5.91 Å². The molecular weight excluding hydrogens is 298 g/mol. The van der Waals surface area contributed by atoms with Crippen molar-refractivity contribution < 1.29 is 9.53 Å². The summed E-state index contributed by atoms with van der Waals surface area (Å²) in [6, 6.07) is 7.94. The number of carbonyl (C=O) groups is 1. The summed E-state index contributed by atoms with van der Waals surface area (Å²) in [5.41, 5.74) is 7.13. The molecule has 0 spiro atoms. The molecule has 1 atom stereocenters. The van der Waals surface area contributed by atoms with Crippen molar-refractivity contribution in [3.8, 4) is 5.75 Å². The lowest BCUT2D eigenvalue weighted by Gasteiger charge is -2.25. The molecule has 1 fully saturated rings. The molecule has 1 aromatic heterocycles. The number of methoxy groups -OCH3 is 1. The predicted octanol–water partition coefficient (Wildman–Crippen LogP) is 2.59. The molecule has 0 aliphatic carbocycles. The van der Waals surface area contributed by atoms with Crippen molar-refractivity contribution in [1.29, 1.82) is 0 Å². The average molecular weight is 317 g/mol. The zero-order valence-corrected chi connectivity index (χ0v) is 13.3. The number of ether oxygens (including phenoxy) is 1. The maximum absolute atomic E-state index is 12.7. The molecule has 3 rings (SSSR count). The monoisotopic (exact) mass is 317 g/mol. The highest BCUT2D eigenvalue weighted by molar-refractivity contribution is 7.09. The van der Waals surface area contributed by atoms with Gasteiger partial charge in [-0.15, -0.1) is 11.3 Å². The minimum atomic E-state index is -0.0237. The summed E-state index contributed by atoms with van der Waals surface area (Å²) in [5, 5.41) is 2.58. The molecule has 1 saturated heterocycles. The number of thiazole rings is 1. The third-order valence-electron chi connectivity index (χ3n) is 3.96. The lowest BCUT2D eigenvalue weighted by molar-refractivity contribution is 0.0729. The highest BCUT2D eigenvalue weighted by atomic mass is 32.1. The Bertz CT molecular complexity index is 671. The maximum Gasteiger partial charge on any atom is 0.273 e. The molecule has 2 N–H and O–H groups in total. The van der Waals surface area contributed by atoms with Crippen LogP contribution in [-0.4, -0.2) is 29.4 Å². The number of benzene rings is 1. The van der Waals surface area contributed by atoms with Crippen LogP contribution >= 0.6 is 11.3 Å². The Hall–Kier alpha value is -1.92. The number of carbonyl (C=O) groups excluding carboxylic acids is 1. The van der Waals surface area contributed by atoms with Crippen molar-refractivity contribution in [2.45, 2.75) is 25.4 Å². The van der Waals surface area contributed by atoms with Gasteiger partial charge in [0.15, 0.2) is 0 Å². The Labute approximate surface area is 133 Å². The van der Waals surface area contributed by atoms with Gasteiger partial charge in [0.2, 0.25) is 0 Å². The van der Waals surface area contributed by atoms with Crippen molar-refractivity contribution in [2.75, 3.05) is 13.7 Å². The first kappa shape index (κ1) is 15.0. The van der Waals surface area contributed by atoms with Crippen LogP contribution in [0, 0.1) is 0 Å². The molecule has 0 radical (unpaired) electrons. The second kappa shape index (κ2) is 6.46.